The van der Waals surface area contributed by atoms with E-state index in [9.17, 15) is 17.4 Å². The molecule has 0 radical (unpaired) electrons. The second-order valence-corrected chi connectivity index (χ2v) is 7.21. The number of hydrogen-bond acceptors (Lipinski definition) is 5. The molecule has 1 rings (SSSR count). The van der Waals surface area contributed by atoms with Gasteiger partial charge in [-0.2, -0.15) is 0 Å². The molecule has 0 aliphatic rings. The summed E-state index contributed by atoms with van der Waals surface area (Å²) in [6.45, 7) is 1.63. The third-order valence-corrected chi connectivity index (χ3v) is 4.52. The molecule has 0 aliphatic carbocycles. The summed E-state index contributed by atoms with van der Waals surface area (Å²) >= 11 is 0. The topological polar surface area (TPSA) is 114 Å². The highest BCUT2D eigenvalue weighted by atomic mass is 32.2. The van der Waals surface area contributed by atoms with Gasteiger partial charge in [0.1, 0.15) is 0 Å². The fourth-order valence-electron chi connectivity index (χ4n) is 1.30. The molecule has 0 bridgehead atoms. The van der Waals surface area contributed by atoms with Gasteiger partial charge in [-0.3, -0.25) is 4.21 Å². The molecule has 1 aromatic heterocycles. The number of nitrogens with one attached hydrogen (secondary N) is 1. The van der Waals surface area contributed by atoms with Crippen LogP contribution in [0.4, 0.5) is 0 Å². The smallest absolute Gasteiger partial charge is 0.371 e. The molecule has 0 aromatic carbocycles. The van der Waals surface area contributed by atoms with Gasteiger partial charge in [-0.05, 0) is 25.5 Å². The maximum absolute atomic E-state index is 11.8. The van der Waals surface area contributed by atoms with Crippen LogP contribution in [-0.2, 0) is 20.8 Å². The molecule has 19 heavy (non-hydrogen) atoms. The number of aromatic carboxylic acids is 1. The maximum atomic E-state index is 11.8. The second kappa shape index (κ2) is 6.31. The fraction of sp³-hybridized carbons (Fsp3) is 0.500. The molecule has 0 aliphatic heterocycles. The zero-order chi connectivity index (χ0) is 14.6. The van der Waals surface area contributed by atoms with E-state index in [1.54, 1.807) is 6.92 Å². The van der Waals surface area contributed by atoms with Gasteiger partial charge in [-0.1, -0.05) is 0 Å². The lowest BCUT2D eigenvalue weighted by molar-refractivity contribution is 0.0656. The van der Waals surface area contributed by atoms with Crippen molar-refractivity contribution in [2.75, 3.05) is 12.0 Å². The van der Waals surface area contributed by atoms with Gasteiger partial charge in [0.25, 0.3) is 10.0 Å². The van der Waals surface area contributed by atoms with Crippen molar-refractivity contribution < 1.29 is 26.9 Å². The SMILES string of the molecule is CC(CCS(C)=O)NS(=O)(=O)c1ccc(C(=O)O)o1. The molecule has 2 N–H and O–H groups in total. The minimum Gasteiger partial charge on any atom is -0.475 e. The van der Waals surface area contributed by atoms with Crippen LogP contribution in [0.15, 0.2) is 21.6 Å². The van der Waals surface area contributed by atoms with E-state index in [0.29, 0.717) is 12.2 Å². The van der Waals surface area contributed by atoms with E-state index in [1.807, 2.05) is 0 Å². The van der Waals surface area contributed by atoms with Gasteiger partial charge in [0.2, 0.25) is 10.9 Å². The number of carboxylic acids is 1. The van der Waals surface area contributed by atoms with E-state index in [0.717, 1.165) is 12.1 Å². The van der Waals surface area contributed by atoms with Crippen molar-refractivity contribution in [1.29, 1.82) is 0 Å². The standard InChI is InChI=1S/C10H15NO6S2/c1-7(5-6-18(2)14)11-19(15,16)9-4-3-8(17-9)10(12)13/h3-4,7,11H,5-6H2,1-2H3,(H,12,13). The molecule has 9 heteroatoms. The molecule has 0 spiro atoms. The molecule has 2 unspecified atom stereocenters. The van der Waals surface area contributed by atoms with E-state index in [4.69, 9.17) is 9.52 Å². The fourth-order valence-corrected chi connectivity index (χ4v) is 3.20. The Hall–Kier alpha value is -1.19. The number of carboxylic acid groups (broad SMARTS) is 1. The van der Waals surface area contributed by atoms with Gasteiger partial charge in [0.05, 0.1) is 0 Å². The van der Waals surface area contributed by atoms with Crippen LogP contribution < -0.4 is 4.72 Å². The Morgan fingerprint density at radius 3 is 2.63 bits per heavy atom. The zero-order valence-corrected chi connectivity index (χ0v) is 12.1. The van der Waals surface area contributed by atoms with Crippen LogP contribution in [0, 0.1) is 0 Å². The lowest BCUT2D eigenvalue weighted by Gasteiger charge is -2.11. The number of carbonyl (C=O) groups is 1. The minimum atomic E-state index is -3.90. The van der Waals surface area contributed by atoms with Crippen LogP contribution in [-0.4, -0.2) is 41.8 Å². The highest BCUT2D eigenvalue weighted by molar-refractivity contribution is 7.89. The van der Waals surface area contributed by atoms with Gasteiger partial charge in [-0.25, -0.2) is 17.9 Å². The highest BCUT2D eigenvalue weighted by Gasteiger charge is 2.22. The quantitative estimate of drug-likeness (QED) is 0.754. The van der Waals surface area contributed by atoms with Gasteiger partial charge in [0, 0.05) is 28.9 Å². The average Bonchev–Trinajstić information content (AvgIpc) is 2.75. The van der Waals surface area contributed by atoms with Gasteiger partial charge in [-0.15, -0.1) is 0 Å². The predicted octanol–water partition coefficient (Wildman–Crippen LogP) is 0.413. The van der Waals surface area contributed by atoms with Gasteiger partial charge in [0.15, 0.2) is 0 Å². The van der Waals surface area contributed by atoms with Crippen molar-refractivity contribution in [2.24, 2.45) is 0 Å². The number of rotatable bonds is 7. The first-order chi connectivity index (χ1) is 8.72. The Kier molecular flexibility index (Phi) is 5.27. The summed E-state index contributed by atoms with van der Waals surface area (Å²) in [6.07, 6.45) is 1.95. The van der Waals surface area contributed by atoms with Crippen LogP contribution in [0.2, 0.25) is 0 Å². The Balaban J connectivity index is 2.74. The summed E-state index contributed by atoms with van der Waals surface area (Å²) in [5, 5.41) is 8.20. The van der Waals surface area contributed by atoms with Crippen molar-refractivity contribution in [1.82, 2.24) is 4.72 Å². The first-order valence-corrected chi connectivity index (χ1v) is 8.59. The average molecular weight is 309 g/mol. The molecule has 0 amide bonds. The normalized spacial score (nSPS) is 15.1. The number of hydrogen-bond donors (Lipinski definition) is 2. The van der Waals surface area contributed by atoms with E-state index in [-0.39, 0.29) is 0 Å². The summed E-state index contributed by atoms with van der Waals surface area (Å²) in [6, 6.07) is 1.73. The van der Waals surface area contributed by atoms with E-state index >= 15 is 0 Å². The van der Waals surface area contributed by atoms with Crippen molar-refractivity contribution in [3.05, 3.63) is 17.9 Å². The Morgan fingerprint density at radius 2 is 2.16 bits per heavy atom. The van der Waals surface area contributed by atoms with Gasteiger partial charge >= 0.3 is 5.97 Å². The monoisotopic (exact) mass is 309 g/mol. The second-order valence-electron chi connectivity index (χ2n) is 4.01. The molecular weight excluding hydrogens is 294 g/mol. The summed E-state index contributed by atoms with van der Waals surface area (Å²) in [7, 11) is -4.90. The van der Waals surface area contributed by atoms with E-state index in [2.05, 4.69) is 4.72 Å². The van der Waals surface area contributed by atoms with Crippen LogP contribution in [0.1, 0.15) is 23.9 Å². The Morgan fingerprint density at radius 1 is 1.53 bits per heavy atom. The number of furan rings is 1. The molecule has 0 fully saturated rings. The van der Waals surface area contributed by atoms with Gasteiger partial charge < -0.3 is 9.52 Å². The third-order valence-electron chi connectivity index (χ3n) is 2.25. The lowest BCUT2D eigenvalue weighted by atomic mass is 10.3. The Labute approximate surface area is 113 Å². The zero-order valence-electron chi connectivity index (χ0n) is 10.5. The van der Waals surface area contributed by atoms with Crippen molar-refractivity contribution in [2.45, 2.75) is 24.5 Å². The first-order valence-electron chi connectivity index (χ1n) is 5.38. The number of sulfonamides is 1. The van der Waals surface area contributed by atoms with Crippen molar-refractivity contribution in [3.8, 4) is 0 Å². The molecule has 0 saturated heterocycles. The molecule has 0 saturated carbocycles. The summed E-state index contributed by atoms with van der Waals surface area (Å²) in [5.41, 5.74) is 0. The largest absolute Gasteiger partial charge is 0.475 e. The van der Waals surface area contributed by atoms with Crippen LogP contribution in [0.25, 0.3) is 0 Å². The van der Waals surface area contributed by atoms with E-state index in [1.165, 1.54) is 6.26 Å². The molecule has 1 heterocycles. The minimum absolute atomic E-state index is 0.377. The van der Waals surface area contributed by atoms with E-state index < -0.39 is 43.7 Å². The predicted molar refractivity (Wildman–Crippen MR) is 69.0 cm³/mol. The summed E-state index contributed by atoms with van der Waals surface area (Å²) in [5.74, 6) is -1.40. The van der Waals surface area contributed by atoms with Crippen LogP contribution in [0.3, 0.4) is 0 Å². The maximum Gasteiger partial charge on any atom is 0.371 e. The highest BCUT2D eigenvalue weighted by Crippen LogP contribution is 2.14. The first kappa shape index (κ1) is 15.9. The molecule has 7 nitrogen and oxygen atoms in total. The Bertz CT molecular complexity index is 577. The van der Waals surface area contributed by atoms with Crippen molar-refractivity contribution in [3.63, 3.8) is 0 Å². The van der Waals surface area contributed by atoms with Crippen LogP contribution >= 0.6 is 0 Å². The molecule has 108 valence electrons. The summed E-state index contributed by atoms with van der Waals surface area (Å²) < 4.78 is 41.7. The molecular formula is C10H15NO6S2. The molecule has 1 aromatic rings. The van der Waals surface area contributed by atoms with Crippen LogP contribution in [0.5, 0.6) is 0 Å². The van der Waals surface area contributed by atoms with Crippen molar-refractivity contribution >= 4 is 26.8 Å². The summed E-state index contributed by atoms with van der Waals surface area (Å²) in [4.78, 5) is 10.6. The molecule has 2 atom stereocenters. The third kappa shape index (κ3) is 4.77. The lowest BCUT2D eigenvalue weighted by Crippen LogP contribution is -2.33.